The van der Waals surface area contributed by atoms with Gasteiger partial charge in [-0.15, -0.1) is 0 Å². The predicted octanol–water partition coefficient (Wildman–Crippen LogP) is 13.8. The van der Waals surface area contributed by atoms with Crippen molar-refractivity contribution >= 4 is 51.4 Å². The second-order valence-electron chi connectivity index (χ2n) is 20.8. The Balaban J connectivity index is 0.897. The van der Waals surface area contributed by atoms with Gasteiger partial charge >= 0.3 is 29.8 Å². The zero-order chi connectivity index (χ0) is 53.4. The van der Waals surface area contributed by atoms with Gasteiger partial charge in [0.15, 0.2) is 0 Å². The van der Waals surface area contributed by atoms with Crippen molar-refractivity contribution in [2.45, 2.75) is 193 Å². The molecule has 0 aliphatic carbocycles. The van der Waals surface area contributed by atoms with Gasteiger partial charge in [0.25, 0.3) is 0 Å². The molecule has 1 N–H and O–H groups in total. The molecule has 2 heterocycles. The number of piperidine rings is 2. The Morgan fingerprint density at radius 2 is 0.880 bits per heavy atom. The highest BCUT2D eigenvalue weighted by molar-refractivity contribution is 8.76. The lowest BCUT2D eigenvalue weighted by Gasteiger charge is -2.32. The number of hydrogen-bond acceptors (Lipinski definition) is 13. The van der Waals surface area contributed by atoms with Crippen molar-refractivity contribution in [1.82, 2.24) is 9.80 Å². The number of benzene rings is 2. The van der Waals surface area contributed by atoms with E-state index in [1.54, 1.807) is 36.4 Å². The van der Waals surface area contributed by atoms with Gasteiger partial charge in [0.1, 0.15) is 11.5 Å². The van der Waals surface area contributed by atoms with Crippen LogP contribution in [0.3, 0.4) is 0 Å². The van der Waals surface area contributed by atoms with Crippen LogP contribution in [0.1, 0.15) is 191 Å². The van der Waals surface area contributed by atoms with E-state index >= 15 is 0 Å². The van der Waals surface area contributed by atoms with Gasteiger partial charge < -0.3 is 33.9 Å². The summed E-state index contributed by atoms with van der Waals surface area (Å²) in [5.74, 6) is 2.66. The molecule has 75 heavy (non-hydrogen) atoms. The average molecular weight is 1080 g/mol. The Kier molecular flexibility index (Phi) is 35.0. The van der Waals surface area contributed by atoms with E-state index in [1.807, 2.05) is 33.7 Å². The van der Waals surface area contributed by atoms with Gasteiger partial charge in [0, 0.05) is 43.9 Å². The summed E-state index contributed by atoms with van der Waals surface area (Å²) < 4.78 is 22.2. The normalized spacial score (nSPS) is 14.8. The molecule has 0 amide bonds. The molecule has 0 bridgehead atoms. The second kappa shape index (κ2) is 41.3. The third-order valence-electron chi connectivity index (χ3n) is 14.5. The SMILES string of the molecule is CCCCCCCC/C=C\CCCCCCCC(=O)Oc1ccc(CC(=O)OCCC2CCN(CCSSCCN3CCC(CCOC(=O)Cc4ccc(OC(=O)CCCCCCCC(=O)O)cc4)CC3)CC2)cc1. The minimum absolute atomic E-state index is 0.185. The van der Waals surface area contributed by atoms with E-state index in [0.717, 1.165) is 145 Å². The van der Waals surface area contributed by atoms with E-state index in [4.69, 9.17) is 24.1 Å². The molecule has 4 rings (SSSR count). The number of ether oxygens (including phenoxy) is 4. The van der Waals surface area contributed by atoms with Crippen LogP contribution in [0.15, 0.2) is 60.7 Å². The van der Waals surface area contributed by atoms with E-state index in [1.165, 1.54) is 57.8 Å². The fraction of sp³-hybridized carbons (Fsp3) is 0.689. The Labute approximate surface area is 459 Å². The van der Waals surface area contributed by atoms with Crippen LogP contribution in [-0.2, 0) is 46.3 Å². The number of carboxylic acid groups (broad SMARTS) is 1. The van der Waals surface area contributed by atoms with Crippen LogP contribution in [0.4, 0.5) is 0 Å². The van der Waals surface area contributed by atoms with Gasteiger partial charge in [-0.05, 0) is 157 Å². The van der Waals surface area contributed by atoms with Crippen molar-refractivity contribution in [3.8, 4) is 11.5 Å². The van der Waals surface area contributed by atoms with Crippen LogP contribution >= 0.6 is 21.6 Å². The molecular weight excluding hydrogens is 985 g/mol. The summed E-state index contributed by atoms with van der Waals surface area (Å²) in [6.45, 7) is 9.76. The lowest BCUT2D eigenvalue weighted by molar-refractivity contribution is -0.144. The summed E-state index contributed by atoms with van der Waals surface area (Å²) in [6, 6.07) is 14.2. The zero-order valence-electron chi connectivity index (χ0n) is 45.8. The quantitative estimate of drug-likeness (QED) is 0.0221. The topological polar surface area (TPSA) is 149 Å². The Hall–Kier alpha value is -3.85. The van der Waals surface area contributed by atoms with Crippen LogP contribution < -0.4 is 9.47 Å². The summed E-state index contributed by atoms with van der Waals surface area (Å²) in [5.41, 5.74) is 1.67. The first-order valence-electron chi connectivity index (χ1n) is 29.1. The van der Waals surface area contributed by atoms with Crippen molar-refractivity contribution in [3.05, 3.63) is 71.8 Å². The first kappa shape index (κ1) is 63.7. The van der Waals surface area contributed by atoms with E-state index in [2.05, 4.69) is 28.9 Å². The van der Waals surface area contributed by atoms with Crippen LogP contribution in [0.5, 0.6) is 11.5 Å². The number of esters is 4. The maximum atomic E-state index is 12.6. The molecular formula is C61H94N2O10S2. The maximum Gasteiger partial charge on any atom is 0.311 e. The Morgan fingerprint density at radius 3 is 1.28 bits per heavy atom. The molecule has 0 unspecified atom stereocenters. The number of carbonyl (C=O) groups excluding carboxylic acids is 4. The molecule has 2 aliphatic heterocycles. The number of hydrogen-bond donors (Lipinski definition) is 1. The molecule has 0 aromatic heterocycles. The predicted molar refractivity (Wildman–Crippen MR) is 305 cm³/mol. The number of likely N-dealkylation sites (tertiary alicyclic amines) is 2. The standard InChI is InChI=1S/C61H94N2O10S2/c1-2-3-4-5-6-7-8-9-10-11-12-13-14-17-20-23-58(66)72-55-29-25-53(26-30-55)49-60(68)70-45-37-51-33-39-62(40-34-51)43-47-74-75-48-44-63-41-35-52(36-42-63)38-46-71-61(69)50-54-27-31-56(32-28-54)73-59(67)24-21-18-15-16-19-22-57(64)65/h9-10,25-32,51-52H,2-8,11-24,33-50H2,1H3,(H,64,65)/b10-9-. The van der Waals surface area contributed by atoms with E-state index in [9.17, 15) is 24.0 Å². The van der Waals surface area contributed by atoms with Gasteiger partial charge in [-0.3, -0.25) is 24.0 Å². The van der Waals surface area contributed by atoms with Gasteiger partial charge in [0.05, 0.1) is 26.1 Å². The fourth-order valence-corrected chi connectivity index (χ4v) is 11.7. The molecule has 2 fully saturated rings. The van der Waals surface area contributed by atoms with Crippen molar-refractivity contribution in [2.24, 2.45) is 11.8 Å². The number of unbranched alkanes of at least 4 members (excludes halogenated alkanes) is 15. The summed E-state index contributed by atoms with van der Waals surface area (Å²) in [6.07, 6.45) is 32.3. The number of carbonyl (C=O) groups is 5. The minimum Gasteiger partial charge on any atom is -0.481 e. The molecule has 2 saturated heterocycles. The third kappa shape index (κ3) is 32.5. The van der Waals surface area contributed by atoms with E-state index in [-0.39, 0.29) is 43.1 Å². The molecule has 14 heteroatoms. The highest BCUT2D eigenvalue weighted by atomic mass is 33.1. The molecule has 2 aromatic rings. The Bertz CT molecular complexity index is 1880. The summed E-state index contributed by atoms with van der Waals surface area (Å²) in [4.78, 5) is 65.4. The smallest absolute Gasteiger partial charge is 0.311 e. The third-order valence-corrected chi connectivity index (χ3v) is 16.8. The van der Waals surface area contributed by atoms with Crippen LogP contribution in [0, 0.1) is 11.8 Å². The van der Waals surface area contributed by atoms with Crippen LogP contribution in [-0.4, -0.2) is 109 Å². The zero-order valence-corrected chi connectivity index (χ0v) is 47.5. The molecule has 420 valence electrons. The molecule has 0 spiro atoms. The van der Waals surface area contributed by atoms with E-state index < -0.39 is 5.97 Å². The minimum atomic E-state index is -0.771. The highest BCUT2D eigenvalue weighted by Gasteiger charge is 2.21. The van der Waals surface area contributed by atoms with Crippen molar-refractivity contribution < 1.29 is 48.0 Å². The number of allylic oxidation sites excluding steroid dienone is 2. The van der Waals surface area contributed by atoms with E-state index in [0.29, 0.717) is 62.2 Å². The summed E-state index contributed by atoms with van der Waals surface area (Å²) >= 11 is 0. The van der Waals surface area contributed by atoms with Crippen LogP contribution in [0.2, 0.25) is 0 Å². The first-order chi connectivity index (χ1) is 36.6. The number of aliphatic carboxylic acids is 1. The monoisotopic (exact) mass is 1080 g/mol. The summed E-state index contributed by atoms with van der Waals surface area (Å²) in [5, 5.41) is 8.70. The fourth-order valence-electron chi connectivity index (χ4n) is 9.69. The molecule has 12 nitrogen and oxygen atoms in total. The van der Waals surface area contributed by atoms with Gasteiger partial charge in [-0.1, -0.05) is 136 Å². The number of nitrogens with zero attached hydrogens (tertiary/aromatic N) is 2. The van der Waals surface area contributed by atoms with Crippen molar-refractivity contribution in [3.63, 3.8) is 0 Å². The lowest BCUT2D eigenvalue weighted by Crippen LogP contribution is -2.36. The highest BCUT2D eigenvalue weighted by Crippen LogP contribution is 2.26. The van der Waals surface area contributed by atoms with Gasteiger partial charge in [0.2, 0.25) is 0 Å². The summed E-state index contributed by atoms with van der Waals surface area (Å²) in [7, 11) is 3.95. The van der Waals surface area contributed by atoms with Gasteiger partial charge in [-0.25, -0.2) is 0 Å². The van der Waals surface area contributed by atoms with Crippen molar-refractivity contribution in [1.29, 1.82) is 0 Å². The molecule has 0 atom stereocenters. The number of rotatable bonds is 42. The molecule has 2 aromatic carbocycles. The molecule has 0 saturated carbocycles. The Morgan fingerprint density at radius 1 is 0.507 bits per heavy atom. The van der Waals surface area contributed by atoms with Crippen molar-refractivity contribution in [2.75, 3.05) is 64.0 Å². The first-order valence-corrected chi connectivity index (χ1v) is 31.6. The largest absolute Gasteiger partial charge is 0.481 e. The second-order valence-corrected chi connectivity index (χ2v) is 23.5. The van der Waals surface area contributed by atoms with Crippen LogP contribution in [0.25, 0.3) is 0 Å². The molecule has 2 aliphatic rings. The number of carboxylic acids is 1. The van der Waals surface area contributed by atoms with Gasteiger partial charge in [-0.2, -0.15) is 0 Å². The lowest BCUT2D eigenvalue weighted by atomic mass is 9.94. The average Bonchev–Trinajstić information content (AvgIpc) is 3.40. The maximum absolute atomic E-state index is 12.6. The molecule has 0 radical (unpaired) electrons.